The molecule has 0 saturated heterocycles. The molecule has 1 aliphatic carbocycles. The predicted octanol–water partition coefficient (Wildman–Crippen LogP) is 11.6. The zero-order valence-corrected chi connectivity index (χ0v) is 26.2. The number of allylic oxidation sites excluding steroid dienone is 2. The van der Waals surface area contributed by atoms with Crippen molar-refractivity contribution in [2.75, 3.05) is 0 Å². The first-order valence-electron chi connectivity index (χ1n) is 16.8. The van der Waals surface area contributed by atoms with Crippen LogP contribution in [0.25, 0.3) is 0 Å². The minimum Gasteiger partial charge on any atom is -0.0793 e. The standard InChI is InChI=1S/C34H63B3/c1-6-24-30(7-2)29(5)33(36)26-22-20-18-16-14-12-10-11-13-15-17-19-21-25-32(35)34(37,28-23-27-33)31(8-3)9-4/h31-32H,6-28H2,1-5H3/b30-29+. The van der Waals surface area contributed by atoms with Crippen LogP contribution in [0.5, 0.6) is 0 Å². The molecule has 0 amide bonds. The molecule has 1 rings (SSSR count). The zero-order chi connectivity index (χ0) is 27.6. The van der Waals surface area contributed by atoms with Gasteiger partial charge in [-0.2, -0.15) is 0 Å². The normalized spacial score (nSPS) is 29.8. The Bertz CT molecular complexity index is 596. The Morgan fingerprint density at radius 3 is 1.59 bits per heavy atom. The molecule has 0 bridgehead atoms. The molecule has 1 saturated carbocycles. The van der Waals surface area contributed by atoms with Gasteiger partial charge in [0.25, 0.3) is 0 Å². The van der Waals surface area contributed by atoms with Gasteiger partial charge >= 0.3 is 0 Å². The van der Waals surface area contributed by atoms with Crippen LogP contribution >= 0.6 is 0 Å². The van der Waals surface area contributed by atoms with Crippen molar-refractivity contribution >= 4 is 23.5 Å². The van der Waals surface area contributed by atoms with Crippen molar-refractivity contribution in [2.24, 2.45) is 5.92 Å². The van der Waals surface area contributed by atoms with Gasteiger partial charge in [-0.1, -0.05) is 185 Å². The summed E-state index contributed by atoms with van der Waals surface area (Å²) in [6, 6.07) is 0. The molecule has 1 fully saturated rings. The van der Waals surface area contributed by atoms with Gasteiger partial charge in [0, 0.05) is 0 Å². The van der Waals surface area contributed by atoms with Gasteiger partial charge in [0.2, 0.25) is 0 Å². The van der Waals surface area contributed by atoms with Gasteiger partial charge in [0.15, 0.2) is 0 Å². The molecule has 0 aromatic heterocycles. The van der Waals surface area contributed by atoms with Crippen LogP contribution < -0.4 is 0 Å². The Balaban J connectivity index is 3.08. The zero-order valence-electron chi connectivity index (χ0n) is 26.2. The first-order valence-corrected chi connectivity index (χ1v) is 16.8. The molecule has 3 atom stereocenters. The second-order valence-corrected chi connectivity index (χ2v) is 12.7. The molecule has 37 heavy (non-hydrogen) atoms. The Kier molecular flexibility index (Phi) is 18.8. The summed E-state index contributed by atoms with van der Waals surface area (Å²) < 4.78 is 0. The summed E-state index contributed by atoms with van der Waals surface area (Å²) in [5.41, 5.74) is 3.07. The topological polar surface area (TPSA) is 0 Å². The van der Waals surface area contributed by atoms with Gasteiger partial charge < -0.3 is 0 Å². The summed E-state index contributed by atoms with van der Waals surface area (Å²) in [5.74, 6) is 0.570. The molecule has 208 valence electrons. The summed E-state index contributed by atoms with van der Waals surface area (Å²) in [6.07, 6.45) is 28.7. The van der Waals surface area contributed by atoms with Crippen LogP contribution in [0, 0.1) is 5.92 Å². The van der Waals surface area contributed by atoms with E-state index in [0.29, 0.717) is 5.92 Å². The maximum atomic E-state index is 7.35. The highest BCUT2D eigenvalue weighted by molar-refractivity contribution is 6.24. The molecule has 0 N–H and O–H groups in total. The van der Waals surface area contributed by atoms with E-state index in [1.54, 1.807) is 5.57 Å². The summed E-state index contributed by atoms with van der Waals surface area (Å²) >= 11 is 0. The van der Waals surface area contributed by atoms with Crippen molar-refractivity contribution in [3.8, 4) is 0 Å². The Labute approximate surface area is 239 Å². The average Bonchev–Trinajstić information content (AvgIpc) is 2.89. The fourth-order valence-electron chi connectivity index (χ4n) is 7.25. The molecule has 6 radical (unpaired) electrons. The fourth-order valence-corrected chi connectivity index (χ4v) is 7.25. The molecule has 3 heteroatoms. The third-order valence-electron chi connectivity index (χ3n) is 10.1. The van der Waals surface area contributed by atoms with Gasteiger partial charge in [-0.25, -0.2) is 0 Å². The largest absolute Gasteiger partial charge is 0.0805 e. The molecule has 3 unspecified atom stereocenters. The maximum Gasteiger partial charge on any atom is 0.0805 e. The second kappa shape index (κ2) is 19.9. The molecular weight excluding hydrogens is 441 g/mol. The lowest BCUT2D eigenvalue weighted by Crippen LogP contribution is -2.29. The molecule has 0 spiro atoms. The smallest absolute Gasteiger partial charge is 0.0793 e. The number of hydrogen-bond acceptors (Lipinski definition) is 0. The summed E-state index contributed by atoms with van der Waals surface area (Å²) in [7, 11) is 21.6. The van der Waals surface area contributed by atoms with Crippen molar-refractivity contribution in [3.05, 3.63) is 11.1 Å². The first-order chi connectivity index (χ1) is 17.8. The highest BCUT2D eigenvalue weighted by Gasteiger charge is 2.36. The van der Waals surface area contributed by atoms with Crippen molar-refractivity contribution < 1.29 is 0 Å². The Morgan fingerprint density at radius 1 is 0.676 bits per heavy atom. The van der Waals surface area contributed by atoms with Crippen LogP contribution in [0.15, 0.2) is 11.1 Å². The molecule has 0 nitrogen and oxygen atoms in total. The van der Waals surface area contributed by atoms with E-state index < -0.39 is 0 Å². The number of rotatable bonds is 7. The van der Waals surface area contributed by atoms with E-state index >= 15 is 0 Å². The van der Waals surface area contributed by atoms with Crippen LogP contribution in [-0.2, 0) is 0 Å². The average molecular weight is 504 g/mol. The second-order valence-electron chi connectivity index (χ2n) is 12.7. The van der Waals surface area contributed by atoms with Crippen molar-refractivity contribution in [1.29, 1.82) is 0 Å². The first kappa shape index (κ1) is 35.0. The lowest BCUT2D eigenvalue weighted by molar-refractivity contribution is 0.279. The van der Waals surface area contributed by atoms with Crippen LogP contribution in [0.3, 0.4) is 0 Å². The van der Waals surface area contributed by atoms with E-state index in [0.717, 1.165) is 51.4 Å². The third-order valence-corrected chi connectivity index (χ3v) is 10.1. The van der Waals surface area contributed by atoms with E-state index in [4.69, 9.17) is 23.5 Å². The monoisotopic (exact) mass is 505 g/mol. The van der Waals surface area contributed by atoms with E-state index in [-0.39, 0.29) is 16.4 Å². The van der Waals surface area contributed by atoms with E-state index in [1.165, 1.54) is 102 Å². The Hall–Kier alpha value is -0.0652. The molecular formula is C34H63B3. The Morgan fingerprint density at radius 2 is 1.14 bits per heavy atom. The van der Waals surface area contributed by atoms with Crippen LogP contribution in [0.2, 0.25) is 16.4 Å². The van der Waals surface area contributed by atoms with Crippen LogP contribution in [-0.4, -0.2) is 23.5 Å². The minimum atomic E-state index is -0.280. The highest BCUT2D eigenvalue weighted by atomic mass is 14.4. The summed E-state index contributed by atoms with van der Waals surface area (Å²) in [4.78, 5) is 0. The highest BCUT2D eigenvalue weighted by Crippen LogP contribution is 2.54. The minimum absolute atomic E-state index is 0.0848. The van der Waals surface area contributed by atoms with Gasteiger partial charge in [-0.3, -0.25) is 0 Å². The van der Waals surface area contributed by atoms with E-state index in [2.05, 4.69) is 34.6 Å². The van der Waals surface area contributed by atoms with Gasteiger partial charge in [0.05, 0.1) is 23.5 Å². The van der Waals surface area contributed by atoms with Gasteiger partial charge in [-0.15, -0.1) is 0 Å². The van der Waals surface area contributed by atoms with Gasteiger partial charge in [0.1, 0.15) is 0 Å². The van der Waals surface area contributed by atoms with E-state index in [9.17, 15) is 0 Å². The number of hydrogen-bond donors (Lipinski definition) is 0. The SMILES string of the molecule is [B]C1CCCCCCCCCCCCCCCC([B])(/C(C)=C(\CC)CCC)CCCC1([B])C(CC)CC. The fraction of sp³-hybridized carbons (Fsp3) is 0.941. The van der Waals surface area contributed by atoms with Gasteiger partial charge in [-0.05, 0) is 31.0 Å². The summed E-state index contributed by atoms with van der Waals surface area (Å²) in [6.45, 7) is 11.5. The van der Waals surface area contributed by atoms with Crippen LogP contribution in [0.1, 0.15) is 182 Å². The van der Waals surface area contributed by atoms with E-state index in [1.807, 2.05) is 0 Å². The molecule has 0 heterocycles. The quantitative estimate of drug-likeness (QED) is 0.239. The molecule has 0 aromatic rings. The van der Waals surface area contributed by atoms with Crippen molar-refractivity contribution in [3.63, 3.8) is 0 Å². The van der Waals surface area contributed by atoms with Crippen molar-refractivity contribution in [2.45, 2.75) is 199 Å². The van der Waals surface area contributed by atoms with Crippen LogP contribution in [0.4, 0.5) is 0 Å². The molecule has 0 aromatic carbocycles. The lowest BCUT2D eigenvalue weighted by atomic mass is 9.44. The lowest BCUT2D eigenvalue weighted by Gasteiger charge is -2.45. The predicted molar refractivity (Wildman–Crippen MR) is 171 cm³/mol. The van der Waals surface area contributed by atoms with Crippen molar-refractivity contribution in [1.82, 2.24) is 0 Å². The third kappa shape index (κ3) is 12.3. The molecule has 1 aliphatic rings. The molecule has 0 aliphatic heterocycles. The maximum absolute atomic E-state index is 7.35. The summed E-state index contributed by atoms with van der Waals surface area (Å²) in [5, 5.41) is -0.476.